The Morgan fingerprint density at radius 2 is 1.89 bits per heavy atom. The molecule has 1 amide bonds. The van der Waals surface area contributed by atoms with Crippen LogP contribution in [0.2, 0.25) is 0 Å². The predicted molar refractivity (Wildman–Crippen MR) is 71.9 cm³/mol. The maximum Gasteiger partial charge on any atom is 0.227 e. The van der Waals surface area contributed by atoms with Crippen LogP contribution >= 0.6 is 0 Å². The first-order valence-electron chi connectivity index (χ1n) is 6.64. The predicted octanol–water partition coefficient (Wildman–Crippen LogP) is 0.447. The van der Waals surface area contributed by atoms with Crippen LogP contribution in [-0.4, -0.2) is 38.9 Å². The van der Waals surface area contributed by atoms with Gasteiger partial charge in [-0.05, 0) is 12.8 Å². The molecular formula is C12H24N2O3S. The van der Waals surface area contributed by atoms with Crippen molar-refractivity contribution in [2.75, 3.05) is 24.6 Å². The quantitative estimate of drug-likeness (QED) is 0.737. The molecule has 0 aliphatic heterocycles. The molecule has 1 saturated carbocycles. The fourth-order valence-corrected chi connectivity index (χ4v) is 3.11. The number of amides is 1. The maximum absolute atomic E-state index is 12.1. The molecule has 0 heterocycles. The summed E-state index contributed by atoms with van der Waals surface area (Å²) in [4.78, 5) is 12.1. The molecule has 0 spiro atoms. The molecule has 18 heavy (non-hydrogen) atoms. The summed E-state index contributed by atoms with van der Waals surface area (Å²) in [6.45, 7) is 2.15. The third kappa shape index (κ3) is 3.95. The van der Waals surface area contributed by atoms with Crippen molar-refractivity contribution in [2.45, 2.75) is 39.0 Å². The van der Waals surface area contributed by atoms with E-state index < -0.39 is 15.3 Å². The summed E-state index contributed by atoms with van der Waals surface area (Å²) >= 11 is 0. The van der Waals surface area contributed by atoms with Gasteiger partial charge in [0, 0.05) is 18.8 Å². The van der Waals surface area contributed by atoms with Crippen LogP contribution in [0, 0.1) is 5.41 Å². The molecule has 3 N–H and O–H groups in total. The molecule has 1 aliphatic rings. The Kier molecular flexibility index (Phi) is 5.59. The van der Waals surface area contributed by atoms with E-state index in [-0.39, 0.29) is 24.0 Å². The highest BCUT2D eigenvalue weighted by atomic mass is 32.2. The lowest BCUT2D eigenvalue weighted by Crippen LogP contribution is -2.48. The summed E-state index contributed by atoms with van der Waals surface area (Å²) in [6.07, 6.45) is 4.83. The van der Waals surface area contributed by atoms with E-state index in [1.807, 2.05) is 0 Å². The highest BCUT2D eigenvalue weighted by Gasteiger charge is 2.37. The summed E-state index contributed by atoms with van der Waals surface area (Å²) in [7, 11) is -3.02. The van der Waals surface area contributed by atoms with Crippen molar-refractivity contribution in [3.8, 4) is 0 Å². The standard InChI is InChI=1S/C12H24N2O3S/c1-2-18(16,17)9-8-14-11(15)12(10-13)6-4-3-5-7-12/h2-10,13H2,1H3,(H,14,15). The van der Waals surface area contributed by atoms with E-state index in [0.29, 0.717) is 6.54 Å². The number of nitrogens with two attached hydrogens (primary N) is 1. The van der Waals surface area contributed by atoms with Gasteiger partial charge < -0.3 is 11.1 Å². The van der Waals surface area contributed by atoms with Crippen molar-refractivity contribution < 1.29 is 13.2 Å². The Morgan fingerprint density at radius 3 is 2.39 bits per heavy atom. The zero-order valence-electron chi connectivity index (χ0n) is 11.1. The zero-order chi connectivity index (χ0) is 13.6. The van der Waals surface area contributed by atoms with E-state index in [2.05, 4.69) is 5.32 Å². The van der Waals surface area contributed by atoms with Crippen LogP contribution in [0.4, 0.5) is 0 Å². The van der Waals surface area contributed by atoms with Crippen LogP contribution in [0.3, 0.4) is 0 Å². The number of nitrogens with one attached hydrogen (secondary N) is 1. The van der Waals surface area contributed by atoms with Gasteiger partial charge in [0.25, 0.3) is 0 Å². The molecule has 0 radical (unpaired) electrons. The van der Waals surface area contributed by atoms with Gasteiger partial charge in [-0.2, -0.15) is 0 Å². The monoisotopic (exact) mass is 276 g/mol. The molecule has 1 rings (SSSR count). The van der Waals surface area contributed by atoms with Crippen LogP contribution in [-0.2, 0) is 14.6 Å². The molecule has 0 aromatic heterocycles. The molecule has 0 unspecified atom stereocenters. The molecule has 1 aliphatic carbocycles. The number of carbonyl (C=O) groups is 1. The third-order valence-electron chi connectivity index (χ3n) is 3.82. The van der Waals surface area contributed by atoms with E-state index in [1.165, 1.54) is 0 Å². The van der Waals surface area contributed by atoms with Gasteiger partial charge in [0.05, 0.1) is 11.2 Å². The van der Waals surface area contributed by atoms with Crippen LogP contribution in [0.5, 0.6) is 0 Å². The van der Waals surface area contributed by atoms with Gasteiger partial charge in [-0.15, -0.1) is 0 Å². The van der Waals surface area contributed by atoms with Gasteiger partial charge in [-0.1, -0.05) is 26.2 Å². The Bertz CT molecular complexity index is 373. The van der Waals surface area contributed by atoms with Gasteiger partial charge in [0.1, 0.15) is 0 Å². The zero-order valence-corrected chi connectivity index (χ0v) is 11.9. The molecule has 6 heteroatoms. The van der Waals surface area contributed by atoms with Gasteiger partial charge in [0.2, 0.25) is 5.91 Å². The molecular weight excluding hydrogens is 252 g/mol. The van der Waals surface area contributed by atoms with Gasteiger partial charge in [-0.3, -0.25) is 4.79 Å². The second kappa shape index (κ2) is 6.52. The molecule has 106 valence electrons. The average Bonchev–Trinajstić information content (AvgIpc) is 2.39. The molecule has 1 fully saturated rings. The van der Waals surface area contributed by atoms with Crippen LogP contribution in [0.1, 0.15) is 39.0 Å². The Balaban J connectivity index is 2.48. The molecule has 0 aromatic carbocycles. The van der Waals surface area contributed by atoms with Gasteiger partial charge in [-0.25, -0.2) is 8.42 Å². The topological polar surface area (TPSA) is 89.3 Å². The van der Waals surface area contributed by atoms with Crippen molar-refractivity contribution in [3.63, 3.8) is 0 Å². The van der Waals surface area contributed by atoms with E-state index in [0.717, 1.165) is 32.1 Å². The number of rotatable bonds is 6. The van der Waals surface area contributed by atoms with Crippen LogP contribution in [0.25, 0.3) is 0 Å². The lowest BCUT2D eigenvalue weighted by atomic mass is 9.73. The summed E-state index contributed by atoms with van der Waals surface area (Å²) in [5, 5.41) is 2.74. The minimum Gasteiger partial charge on any atom is -0.355 e. The van der Waals surface area contributed by atoms with E-state index in [9.17, 15) is 13.2 Å². The Labute approximate surface area is 109 Å². The first-order chi connectivity index (χ1) is 8.46. The lowest BCUT2D eigenvalue weighted by Gasteiger charge is -2.34. The molecule has 0 aromatic rings. The number of sulfone groups is 1. The second-order valence-corrected chi connectivity index (χ2v) is 7.51. The molecule has 5 nitrogen and oxygen atoms in total. The number of carbonyl (C=O) groups excluding carboxylic acids is 1. The normalized spacial score (nSPS) is 19.4. The van der Waals surface area contributed by atoms with Crippen molar-refractivity contribution >= 4 is 15.7 Å². The highest BCUT2D eigenvalue weighted by molar-refractivity contribution is 7.91. The molecule has 0 saturated heterocycles. The third-order valence-corrected chi connectivity index (χ3v) is 5.53. The Morgan fingerprint density at radius 1 is 1.28 bits per heavy atom. The fraction of sp³-hybridized carbons (Fsp3) is 0.917. The van der Waals surface area contributed by atoms with Crippen molar-refractivity contribution in [1.82, 2.24) is 5.32 Å². The molecule has 0 bridgehead atoms. The SMILES string of the molecule is CCS(=O)(=O)CCNC(=O)C1(CN)CCCCC1. The van der Waals surface area contributed by atoms with Crippen LogP contribution in [0.15, 0.2) is 0 Å². The van der Waals surface area contributed by atoms with E-state index in [1.54, 1.807) is 6.92 Å². The smallest absolute Gasteiger partial charge is 0.227 e. The van der Waals surface area contributed by atoms with Gasteiger partial charge >= 0.3 is 0 Å². The summed E-state index contributed by atoms with van der Waals surface area (Å²) < 4.78 is 22.7. The second-order valence-electron chi connectivity index (χ2n) is 5.04. The van der Waals surface area contributed by atoms with E-state index >= 15 is 0 Å². The number of hydrogen-bond donors (Lipinski definition) is 2. The Hall–Kier alpha value is -0.620. The number of hydrogen-bond acceptors (Lipinski definition) is 4. The summed E-state index contributed by atoms with van der Waals surface area (Å²) in [6, 6.07) is 0. The maximum atomic E-state index is 12.1. The summed E-state index contributed by atoms with van der Waals surface area (Å²) in [5.41, 5.74) is 5.28. The highest BCUT2D eigenvalue weighted by Crippen LogP contribution is 2.35. The van der Waals surface area contributed by atoms with Crippen molar-refractivity contribution in [2.24, 2.45) is 11.1 Å². The minimum atomic E-state index is -3.02. The molecule has 0 atom stereocenters. The largest absolute Gasteiger partial charge is 0.355 e. The van der Waals surface area contributed by atoms with Crippen LogP contribution < -0.4 is 11.1 Å². The summed E-state index contributed by atoms with van der Waals surface area (Å²) in [5.74, 6) is 0.0526. The van der Waals surface area contributed by atoms with Crippen molar-refractivity contribution in [1.29, 1.82) is 0 Å². The minimum absolute atomic E-state index is 0.00981. The lowest BCUT2D eigenvalue weighted by molar-refractivity contribution is -0.132. The fourth-order valence-electron chi connectivity index (χ4n) is 2.40. The average molecular weight is 276 g/mol. The first-order valence-corrected chi connectivity index (χ1v) is 8.47. The van der Waals surface area contributed by atoms with Gasteiger partial charge in [0.15, 0.2) is 9.84 Å². The van der Waals surface area contributed by atoms with Crippen molar-refractivity contribution in [3.05, 3.63) is 0 Å². The van der Waals surface area contributed by atoms with E-state index in [4.69, 9.17) is 5.73 Å². The first kappa shape index (κ1) is 15.4.